The van der Waals surface area contributed by atoms with Gasteiger partial charge >= 0.3 is 0 Å². The van der Waals surface area contributed by atoms with Crippen LogP contribution in [0.4, 0.5) is 11.6 Å². The molecular weight excluding hydrogens is 356 g/mol. The topological polar surface area (TPSA) is 96.2 Å². The Labute approximate surface area is 163 Å². The zero-order valence-electron chi connectivity index (χ0n) is 15.5. The predicted octanol–water partition coefficient (Wildman–Crippen LogP) is 2.57. The van der Waals surface area contributed by atoms with E-state index in [-0.39, 0.29) is 11.6 Å². The molecule has 0 aliphatic carbocycles. The maximum atomic E-state index is 12.2. The largest absolute Gasteiger partial charge is 0.368 e. The maximum Gasteiger partial charge on any atom is 0.273 e. The molecule has 8 nitrogen and oxygen atoms in total. The fourth-order valence-electron chi connectivity index (χ4n) is 3.14. The van der Waals surface area contributed by atoms with Crippen LogP contribution >= 0.6 is 0 Å². The van der Waals surface area contributed by atoms with Crippen molar-refractivity contribution in [3.63, 3.8) is 0 Å². The summed E-state index contributed by atoms with van der Waals surface area (Å²) in [6.07, 6.45) is 3.97. The van der Waals surface area contributed by atoms with Crippen LogP contribution in [0.3, 0.4) is 0 Å². The Bertz CT molecular complexity index is 921. The first-order chi connectivity index (χ1) is 13.8. The lowest BCUT2D eigenvalue weighted by Gasteiger charge is -2.16. The number of amides is 1. The summed E-state index contributed by atoms with van der Waals surface area (Å²) in [6.45, 7) is 3.06. The molecule has 28 heavy (non-hydrogen) atoms. The minimum Gasteiger partial charge on any atom is -0.368 e. The molecule has 1 aromatic carbocycles. The van der Waals surface area contributed by atoms with Gasteiger partial charge in [0.15, 0.2) is 11.5 Å². The van der Waals surface area contributed by atoms with Gasteiger partial charge in [0.1, 0.15) is 18.0 Å². The molecule has 1 amide bonds. The van der Waals surface area contributed by atoms with Crippen LogP contribution in [0.2, 0.25) is 0 Å². The summed E-state index contributed by atoms with van der Waals surface area (Å²) in [7, 11) is 0. The number of nitrogens with one attached hydrogen (secondary N) is 2. The number of carbonyl (C=O) groups excluding carboxylic acids is 1. The Hall–Kier alpha value is -3.42. The molecule has 1 fully saturated rings. The molecule has 3 heterocycles. The molecule has 2 aromatic heterocycles. The van der Waals surface area contributed by atoms with E-state index in [9.17, 15) is 4.79 Å². The molecule has 0 unspecified atom stereocenters. The lowest BCUT2D eigenvalue weighted by Crippen LogP contribution is -2.29. The Morgan fingerprint density at radius 1 is 1.07 bits per heavy atom. The van der Waals surface area contributed by atoms with E-state index in [0.717, 1.165) is 30.3 Å². The van der Waals surface area contributed by atoms with E-state index in [2.05, 4.69) is 30.7 Å². The number of carbonyl (C=O) groups is 1. The van der Waals surface area contributed by atoms with E-state index in [1.54, 1.807) is 12.4 Å². The van der Waals surface area contributed by atoms with E-state index in [4.69, 9.17) is 4.52 Å². The first kappa shape index (κ1) is 18.0. The highest BCUT2D eigenvalue weighted by Crippen LogP contribution is 2.20. The zero-order chi connectivity index (χ0) is 19.2. The van der Waals surface area contributed by atoms with E-state index >= 15 is 0 Å². The Balaban J connectivity index is 1.26. The normalized spacial score (nSPS) is 13.5. The fraction of sp³-hybridized carbons (Fsp3) is 0.300. The van der Waals surface area contributed by atoms with E-state index in [1.807, 2.05) is 36.4 Å². The van der Waals surface area contributed by atoms with Crippen molar-refractivity contribution in [2.45, 2.75) is 12.8 Å². The summed E-state index contributed by atoms with van der Waals surface area (Å²) < 4.78 is 5.26. The average Bonchev–Trinajstić information content (AvgIpc) is 3.44. The SMILES string of the molecule is O=C(NCCNc1cc(N2CCCC2)ncn1)c1cc(-c2ccccc2)on1. The number of hydrogen-bond donors (Lipinski definition) is 2. The van der Waals surface area contributed by atoms with E-state index in [0.29, 0.717) is 18.8 Å². The molecule has 1 saturated heterocycles. The van der Waals surface area contributed by atoms with Crippen LogP contribution in [0.25, 0.3) is 11.3 Å². The van der Waals surface area contributed by atoms with Crippen LogP contribution < -0.4 is 15.5 Å². The van der Waals surface area contributed by atoms with Crippen LogP contribution in [-0.2, 0) is 0 Å². The van der Waals surface area contributed by atoms with Crippen molar-refractivity contribution in [2.75, 3.05) is 36.4 Å². The molecule has 144 valence electrons. The quantitative estimate of drug-likeness (QED) is 0.610. The van der Waals surface area contributed by atoms with Crippen molar-refractivity contribution in [3.05, 3.63) is 54.5 Å². The zero-order valence-corrected chi connectivity index (χ0v) is 15.5. The van der Waals surface area contributed by atoms with Crippen molar-refractivity contribution in [1.29, 1.82) is 0 Å². The number of hydrogen-bond acceptors (Lipinski definition) is 7. The monoisotopic (exact) mass is 378 g/mol. The van der Waals surface area contributed by atoms with Gasteiger partial charge in [-0.25, -0.2) is 9.97 Å². The third-order valence-corrected chi connectivity index (χ3v) is 4.60. The minimum absolute atomic E-state index is 0.261. The molecule has 1 aliphatic rings. The third kappa shape index (κ3) is 4.28. The van der Waals surface area contributed by atoms with Crippen LogP contribution in [0.15, 0.2) is 53.3 Å². The summed E-state index contributed by atoms with van der Waals surface area (Å²) in [6, 6.07) is 13.1. The van der Waals surface area contributed by atoms with Gasteiger partial charge < -0.3 is 20.1 Å². The minimum atomic E-state index is -0.270. The second-order valence-electron chi connectivity index (χ2n) is 6.58. The Morgan fingerprint density at radius 3 is 2.71 bits per heavy atom. The smallest absolute Gasteiger partial charge is 0.273 e. The number of anilines is 2. The summed E-state index contributed by atoms with van der Waals surface area (Å²) in [5.74, 6) is 1.99. The second-order valence-corrected chi connectivity index (χ2v) is 6.58. The van der Waals surface area contributed by atoms with Gasteiger partial charge in [0.25, 0.3) is 5.91 Å². The lowest BCUT2D eigenvalue weighted by atomic mass is 10.1. The number of aromatic nitrogens is 3. The summed E-state index contributed by atoms with van der Waals surface area (Å²) in [5.41, 5.74) is 1.14. The molecule has 2 N–H and O–H groups in total. The highest BCUT2D eigenvalue weighted by atomic mass is 16.5. The number of rotatable bonds is 7. The van der Waals surface area contributed by atoms with Crippen molar-refractivity contribution < 1.29 is 9.32 Å². The standard InChI is InChI=1S/C20H22N6O2/c27-20(16-12-17(28-25-16)15-6-2-1-3-7-15)22-9-8-21-18-13-19(24-14-23-18)26-10-4-5-11-26/h1-3,6-7,12-14H,4-5,8-11H2,(H,22,27)(H,21,23,24). The molecule has 1 aliphatic heterocycles. The molecule has 8 heteroatoms. The first-order valence-electron chi connectivity index (χ1n) is 9.41. The van der Waals surface area contributed by atoms with Gasteiger partial charge in [-0.2, -0.15) is 0 Å². The van der Waals surface area contributed by atoms with Crippen molar-refractivity contribution in [2.24, 2.45) is 0 Å². The summed E-state index contributed by atoms with van der Waals surface area (Å²) >= 11 is 0. The van der Waals surface area contributed by atoms with Crippen molar-refractivity contribution >= 4 is 17.5 Å². The summed E-state index contributed by atoms with van der Waals surface area (Å²) in [4.78, 5) is 23.1. The van der Waals surface area contributed by atoms with Crippen molar-refractivity contribution in [1.82, 2.24) is 20.4 Å². The van der Waals surface area contributed by atoms with E-state index in [1.165, 1.54) is 12.8 Å². The van der Waals surface area contributed by atoms with Gasteiger partial charge in [-0.05, 0) is 12.8 Å². The van der Waals surface area contributed by atoms with Crippen LogP contribution in [0.1, 0.15) is 23.3 Å². The molecule has 0 radical (unpaired) electrons. The average molecular weight is 378 g/mol. The number of nitrogens with zero attached hydrogens (tertiary/aromatic N) is 4. The molecule has 0 atom stereocenters. The molecular formula is C20H22N6O2. The molecule has 3 aromatic rings. The molecule has 0 spiro atoms. The van der Waals surface area contributed by atoms with Gasteiger partial charge in [0.2, 0.25) is 0 Å². The van der Waals surface area contributed by atoms with Crippen LogP contribution in [0.5, 0.6) is 0 Å². The Kier molecular flexibility index (Phi) is 5.46. The highest BCUT2D eigenvalue weighted by Gasteiger charge is 2.15. The second kappa shape index (κ2) is 8.51. The lowest BCUT2D eigenvalue weighted by molar-refractivity contribution is 0.0946. The van der Waals surface area contributed by atoms with Gasteiger partial charge in [-0.1, -0.05) is 35.5 Å². The van der Waals surface area contributed by atoms with Gasteiger partial charge in [-0.3, -0.25) is 4.79 Å². The number of benzene rings is 1. The summed E-state index contributed by atoms with van der Waals surface area (Å²) in [5, 5.41) is 9.89. The van der Waals surface area contributed by atoms with Crippen molar-refractivity contribution in [3.8, 4) is 11.3 Å². The van der Waals surface area contributed by atoms with Crippen LogP contribution in [-0.4, -0.2) is 47.2 Å². The van der Waals surface area contributed by atoms with E-state index < -0.39 is 0 Å². The van der Waals surface area contributed by atoms with Gasteiger partial charge in [0.05, 0.1) is 0 Å². The van der Waals surface area contributed by atoms with Gasteiger partial charge in [0, 0.05) is 43.9 Å². The third-order valence-electron chi connectivity index (χ3n) is 4.60. The van der Waals surface area contributed by atoms with Gasteiger partial charge in [-0.15, -0.1) is 0 Å². The predicted molar refractivity (Wildman–Crippen MR) is 106 cm³/mol. The maximum absolute atomic E-state index is 12.2. The Morgan fingerprint density at radius 2 is 1.89 bits per heavy atom. The first-order valence-corrected chi connectivity index (χ1v) is 9.41. The van der Waals surface area contributed by atoms with Crippen LogP contribution in [0, 0.1) is 0 Å². The fourth-order valence-corrected chi connectivity index (χ4v) is 3.14. The molecule has 0 bridgehead atoms. The molecule has 0 saturated carbocycles. The molecule has 4 rings (SSSR count). The highest BCUT2D eigenvalue weighted by molar-refractivity contribution is 5.93.